The van der Waals surface area contributed by atoms with Crippen molar-refractivity contribution in [1.82, 2.24) is 4.98 Å². The first-order chi connectivity index (χ1) is 9.11. The summed E-state index contributed by atoms with van der Waals surface area (Å²) in [7, 11) is 0. The zero-order valence-corrected chi connectivity index (χ0v) is 11.2. The highest BCUT2D eigenvalue weighted by Gasteiger charge is 2.23. The highest BCUT2D eigenvalue weighted by atomic mass is 35.5. The zero-order valence-electron chi connectivity index (χ0n) is 9.68. The maximum Gasteiger partial charge on any atom is 0.186 e. The number of aromatic nitrogens is 1. The van der Waals surface area contributed by atoms with E-state index < -0.39 is 5.92 Å². The van der Waals surface area contributed by atoms with Gasteiger partial charge in [0.15, 0.2) is 11.7 Å². The van der Waals surface area contributed by atoms with Crippen molar-refractivity contribution in [3.63, 3.8) is 0 Å². The number of rotatable bonds is 3. The van der Waals surface area contributed by atoms with Gasteiger partial charge in [-0.1, -0.05) is 29.3 Å². The van der Waals surface area contributed by atoms with Crippen LogP contribution in [0, 0.1) is 11.3 Å². The summed E-state index contributed by atoms with van der Waals surface area (Å²) in [4.78, 5) is 16.3. The predicted molar refractivity (Wildman–Crippen MR) is 73.4 cm³/mol. The Kier molecular flexibility index (Phi) is 4.16. The number of Topliss-reactive ketones (excluding diaryl/α,β-unsaturated/α-hetero) is 1. The maximum atomic E-state index is 12.3. The Hall–Kier alpha value is -1.89. The Morgan fingerprint density at radius 1 is 1.21 bits per heavy atom. The largest absolute Gasteiger partial charge is 0.292 e. The second kappa shape index (κ2) is 5.83. The van der Waals surface area contributed by atoms with Crippen molar-refractivity contribution in [2.75, 3.05) is 0 Å². The molecule has 2 rings (SSSR count). The van der Waals surface area contributed by atoms with E-state index in [0.717, 1.165) is 0 Å². The van der Waals surface area contributed by atoms with Crippen LogP contribution in [0.2, 0.25) is 10.0 Å². The lowest BCUT2D eigenvalue weighted by atomic mass is 9.95. The van der Waals surface area contributed by atoms with Crippen LogP contribution in [0.4, 0.5) is 0 Å². The van der Waals surface area contributed by atoms with Crippen molar-refractivity contribution in [3.8, 4) is 6.07 Å². The molecular weight excluding hydrogens is 283 g/mol. The smallest absolute Gasteiger partial charge is 0.186 e. The van der Waals surface area contributed by atoms with Gasteiger partial charge in [0, 0.05) is 21.8 Å². The van der Waals surface area contributed by atoms with Crippen LogP contribution in [-0.4, -0.2) is 10.8 Å². The number of pyridine rings is 1. The van der Waals surface area contributed by atoms with Gasteiger partial charge >= 0.3 is 0 Å². The van der Waals surface area contributed by atoms with Gasteiger partial charge in [-0.05, 0) is 30.3 Å². The van der Waals surface area contributed by atoms with Crippen molar-refractivity contribution < 1.29 is 4.79 Å². The Morgan fingerprint density at radius 3 is 2.42 bits per heavy atom. The average molecular weight is 291 g/mol. The maximum absolute atomic E-state index is 12.3. The molecular formula is C14H8Cl2N2O. The Labute approximate surface area is 120 Å². The van der Waals surface area contributed by atoms with E-state index in [1.165, 1.54) is 24.4 Å². The third-order valence-electron chi connectivity index (χ3n) is 2.52. The molecule has 1 aromatic carbocycles. The molecule has 1 atom stereocenters. The van der Waals surface area contributed by atoms with E-state index in [-0.39, 0.29) is 5.78 Å². The van der Waals surface area contributed by atoms with Crippen molar-refractivity contribution in [2.24, 2.45) is 0 Å². The third-order valence-corrected chi connectivity index (χ3v) is 2.96. The number of nitrogens with zero attached hydrogens (tertiary/aromatic N) is 2. The normalized spacial score (nSPS) is 11.6. The fourth-order valence-electron chi connectivity index (χ4n) is 1.67. The van der Waals surface area contributed by atoms with Gasteiger partial charge in [0.1, 0.15) is 0 Å². The number of ketones is 1. The Bertz CT molecular complexity index is 630. The standard InChI is InChI=1S/C14H8Cl2N2O/c15-10-5-9(6-11(16)7-10)14(19)12(8-17)13-3-1-2-4-18-13/h1-7,12H/t12-/m1/s1. The summed E-state index contributed by atoms with van der Waals surface area (Å²) >= 11 is 11.7. The van der Waals surface area contributed by atoms with Crippen LogP contribution >= 0.6 is 23.2 Å². The molecule has 1 heterocycles. The molecule has 0 fully saturated rings. The topological polar surface area (TPSA) is 53.8 Å². The van der Waals surface area contributed by atoms with E-state index in [1.807, 2.05) is 6.07 Å². The van der Waals surface area contributed by atoms with Crippen LogP contribution in [0.25, 0.3) is 0 Å². The summed E-state index contributed by atoms with van der Waals surface area (Å²) in [5.74, 6) is -1.33. The van der Waals surface area contributed by atoms with E-state index in [1.54, 1.807) is 18.2 Å². The number of hydrogen-bond donors (Lipinski definition) is 0. The van der Waals surface area contributed by atoms with Gasteiger partial charge in [-0.15, -0.1) is 0 Å². The SMILES string of the molecule is N#C[C@@H](C(=O)c1cc(Cl)cc(Cl)c1)c1ccccn1. The van der Waals surface area contributed by atoms with Gasteiger partial charge in [0.25, 0.3) is 0 Å². The van der Waals surface area contributed by atoms with Crippen LogP contribution in [0.1, 0.15) is 22.0 Å². The number of benzene rings is 1. The fraction of sp³-hybridized carbons (Fsp3) is 0.0714. The van der Waals surface area contributed by atoms with Crippen LogP contribution in [0.3, 0.4) is 0 Å². The van der Waals surface area contributed by atoms with E-state index in [4.69, 9.17) is 23.2 Å². The number of halogens is 2. The molecule has 0 aliphatic carbocycles. The quantitative estimate of drug-likeness (QED) is 0.806. The predicted octanol–water partition coefficient (Wildman–Crippen LogP) is 3.88. The summed E-state index contributed by atoms with van der Waals surface area (Å²) in [6, 6.07) is 11.6. The monoisotopic (exact) mass is 290 g/mol. The molecule has 0 saturated heterocycles. The average Bonchev–Trinajstić information content (AvgIpc) is 2.39. The van der Waals surface area contributed by atoms with Crippen molar-refractivity contribution in [1.29, 1.82) is 5.26 Å². The Morgan fingerprint density at radius 2 is 1.89 bits per heavy atom. The van der Waals surface area contributed by atoms with Crippen molar-refractivity contribution >= 4 is 29.0 Å². The summed E-state index contributed by atoms with van der Waals surface area (Å²) in [6.45, 7) is 0. The first-order valence-electron chi connectivity index (χ1n) is 5.42. The van der Waals surface area contributed by atoms with Gasteiger partial charge in [-0.25, -0.2) is 0 Å². The highest BCUT2D eigenvalue weighted by Crippen LogP contribution is 2.24. The minimum absolute atomic E-state index is 0.301. The summed E-state index contributed by atoms with van der Waals surface area (Å²) < 4.78 is 0. The number of hydrogen-bond acceptors (Lipinski definition) is 3. The van der Waals surface area contributed by atoms with Gasteiger partial charge in [0.05, 0.1) is 11.8 Å². The second-order valence-electron chi connectivity index (χ2n) is 3.84. The number of nitriles is 1. The lowest BCUT2D eigenvalue weighted by Crippen LogP contribution is -2.12. The van der Waals surface area contributed by atoms with E-state index >= 15 is 0 Å². The zero-order chi connectivity index (χ0) is 13.8. The molecule has 0 spiro atoms. The molecule has 0 bridgehead atoms. The summed E-state index contributed by atoms with van der Waals surface area (Å²) in [5.41, 5.74) is 0.709. The number of carbonyl (C=O) groups is 1. The van der Waals surface area contributed by atoms with Crippen LogP contribution in [0.15, 0.2) is 42.6 Å². The van der Waals surface area contributed by atoms with E-state index in [0.29, 0.717) is 21.3 Å². The van der Waals surface area contributed by atoms with Gasteiger partial charge in [-0.2, -0.15) is 5.26 Å². The molecule has 3 nitrogen and oxygen atoms in total. The highest BCUT2D eigenvalue weighted by molar-refractivity contribution is 6.35. The first-order valence-corrected chi connectivity index (χ1v) is 6.18. The molecule has 0 amide bonds. The van der Waals surface area contributed by atoms with E-state index in [9.17, 15) is 10.1 Å². The molecule has 5 heteroatoms. The molecule has 0 aliphatic heterocycles. The van der Waals surface area contributed by atoms with Gasteiger partial charge in [-0.3, -0.25) is 9.78 Å². The molecule has 0 aliphatic rings. The van der Waals surface area contributed by atoms with Crippen molar-refractivity contribution in [2.45, 2.75) is 5.92 Å². The first kappa shape index (κ1) is 13.5. The lowest BCUT2D eigenvalue weighted by molar-refractivity contribution is 0.0977. The molecule has 0 saturated carbocycles. The molecule has 2 aromatic rings. The van der Waals surface area contributed by atoms with Gasteiger partial charge in [0.2, 0.25) is 0 Å². The van der Waals surface area contributed by atoms with Crippen molar-refractivity contribution in [3.05, 3.63) is 63.9 Å². The molecule has 1 aromatic heterocycles. The van der Waals surface area contributed by atoms with E-state index in [2.05, 4.69) is 4.98 Å². The lowest BCUT2D eigenvalue weighted by Gasteiger charge is -2.08. The molecule has 0 unspecified atom stereocenters. The molecule has 0 radical (unpaired) electrons. The minimum atomic E-state index is -0.962. The molecule has 19 heavy (non-hydrogen) atoms. The van der Waals surface area contributed by atoms with Gasteiger partial charge < -0.3 is 0 Å². The number of carbonyl (C=O) groups excluding carboxylic acids is 1. The van der Waals surface area contributed by atoms with Crippen LogP contribution < -0.4 is 0 Å². The van der Waals surface area contributed by atoms with Crippen LogP contribution in [-0.2, 0) is 0 Å². The third kappa shape index (κ3) is 3.11. The van der Waals surface area contributed by atoms with Crippen LogP contribution in [0.5, 0.6) is 0 Å². The summed E-state index contributed by atoms with van der Waals surface area (Å²) in [5, 5.41) is 9.88. The minimum Gasteiger partial charge on any atom is -0.292 e. The molecule has 94 valence electrons. The molecule has 0 N–H and O–H groups in total. The Balaban J connectivity index is 2.40. The second-order valence-corrected chi connectivity index (χ2v) is 4.71. The summed E-state index contributed by atoms with van der Waals surface area (Å²) in [6.07, 6.45) is 1.54. The fourth-order valence-corrected chi connectivity index (χ4v) is 2.19.